The van der Waals surface area contributed by atoms with Crippen LogP contribution in [0.4, 0.5) is 15.3 Å². The van der Waals surface area contributed by atoms with Crippen LogP contribution in [0.15, 0.2) is 65.3 Å². The zero-order valence-corrected chi connectivity index (χ0v) is 20.5. The minimum Gasteiger partial charge on any atom is -0.353 e. The summed E-state index contributed by atoms with van der Waals surface area (Å²) in [5.74, 6) is 0.209. The molecule has 1 aliphatic rings. The predicted octanol–water partition coefficient (Wildman–Crippen LogP) is 3.34. The van der Waals surface area contributed by atoms with Crippen LogP contribution in [0.3, 0.4) is 0 Å². The van der Waals surface area contributed by atoms with Crippen molar-refractivity contribution in [2.75, 3.05) is 35.8 Å². The molecule has 9 nitrogen and oxygen atoms in total. The van der Waals surface area contributed by atoms with Crippen LogP contribution in [0.2, 0.25) is 0 Å². The van der Waals surface area contributed by atoms with E-state index in [0.29, 0.717) is 42.6 Å². The van der Waals surface area contributed by atoms with Gasteiger partial charge in [-0.1, -0.05) is 12.1 Å². The largest absolute Gasteiger partial charge is 0.353 e. The number of hydrogen-bond acceptors (Lipinski definition) is 7. The Hall–Kier alpha value is -3.51. The highest BCUT2D eigenvalue weighted by atomic mass is 32.2. The monoisotopic (exact) mass is 514 g/mol. The van der Waals surface area contributed by atoms with E-state index in [0.717, 1.165) is 5.39 Å². The molecule has 1 aromatic carbocycles. The first-order valence-electron chi connectivity index (χ1n) is 11.0. The van der Waals surface area contributed by atoms with Crippen molar-refractivity contribution in [2.24, 2.45) is 0 Å². The van der Waals surface area contributed by atoms with E-state index in [9.17, 15) is 17.6 Å². The number of carbonyl (C=O) groups excluding carboxylic acids is 1. The van der Waals surface area contributed by atoms with Crippen molar-refractivity contribution in [2.45, 2.75) is 17.9 Å². The highest BCUT2D eigenvalue weighted by Gasteiger charge is 2.27. The molecule has 1 saturated heterocycles. The smallest absolute Gasteiger partial charge is 0.265 e. The van der Waals surface area contributed by atoms with Gasteiger partial charge in [0.1, 0.15) is 22.6 Å². The second-order valence-electron chi connectivity index (χ2n) is 8.18. The quantitative estimate of drug-likeness (QED) is 0.424. The lowest BCUT2D eigenvalue weighted by Gasteiger charge is -2.36. The molecule has 1 amide bonds. The topological polar surface area (TPSA) is 100 Å². The summed E-state index contributed by atoms with van der Waals surface area (Å²) < 4.78 is 43.5. The molecule has 5 rings (SSSR count). The number of amides is 1. The van der Waals surface area contributed by atoms with Gasteiger partial charge in [-0.15, -0.1) is 11.3 Å². The number of nitrogens with zero attached hydrogens (tertiary/aromatic N) is 5. The van der Waals surface area contributed by atoms with Crippen LogP contribution in [0, 0.1) is 5.82 Å². The van der Waals surface area contributed by atoms with Crippen LogP contribution in [-0.4, -0.2) is 59.9 Å². The molecule has 0 aliphatic carbocycles. The first kappa shape index (κ1) is 23.2. The molecule has 1 N–H and O–H groups in total. The van der Waals surface area contributed by atoms with Crippen molar-refractivity contribution in [1.82, 2.24) is 19.4 Å². The molecule has 182 valence electrons. The molecule has 0 radical (unpaired) electrons. The number of pyridine rings is 1. The minimum atomic E-state index is -3.77. The van der Waals surface area contributed by atoms with Crippen molar-refractivity contribution in [3.8, 4) is 0 Å². The van der Waals surface area contributed by atoms with E-state index in [2.05, 4.69) is 14.7 Å². The van der Waals surface area contributed by atoms with Crippen LogP contribution in [0.5, 0.6) is 0 Å². The second-order valence-corrected chi connectivity index (χ2v) is 10.8. The van der Waals surface area contributed by atoms with E-state index in [1.165, 1.54) is 35.9 Å². The SMILES string of the molecule is C[C@@H](C(=O)N1CCN(c2ccc(S(=O)(=O)Nc3nccs3)cn2)CC1)n1ccc2cccc(F)c21. The fourth-order valence-corrected chi connectivity index (χ4v) is 5.94. The van der Waals surface area contributed by atoms with E-state index in [-0.39, 0.29) is 16.6 Å². The Labute approximate surface area is 205 Å². The Bertz CT molecular complexity index is 1450. The Morgan fingerprint density at radius 3 is 2.60 bits per heavy atom. The molecule has 1 atom stereocenters. The molecule has 12 heteroatoms. The van der Waals surface area contributed by atoms with Gasteiger partial charge in [0.2, 0.25) is 5.91 Å². The van der Waals surface area contributed by atoms with Crippen molar-refractivity contribution in [3.63, 3.8) is 0 Å². The van der Waals surface area contributed by atoms with Gasteiger partial charge < -0.3 is 14.4 Å². The number of fused-ring (bicyclic) bond motifs is 1. The maximum Gasteiger partial charge on any atom is 0.265 e. The first-order chi connectivity index (χ1) is 16.8. The van der Waals surface area contributed by atoms with Crippen LogP contribution >= 0.6 is 11.3 Å². The summed E-state index contributed by atoms with van der Waals surface area (Å²) >= 11 is 1.19. The van der Waals surface area contributed by atoms with Crippen LogP contribution in [0.1, 0.15) is 13.0 Å². The fourth-order valence-electron chi connectivity index (χ4n) is 4.20. The maximum absolute atomic E-state index is 14.4. The zero-order chi connectivity index (χ0) is 24.6. The summed E-state index contributed by atoms with van der Waals surface area (Å²) in [5.41, 5.74) is 0.426. The Balaban J connectivity index is 1.22. The minimum absolute atomic E-state index is 0.0465. The fraction of sp³-hybridized carbons (Fsp3) is 0.261. The van der Waals surface area contributed by atoms with Gasteiger partial charge in [-0.25, -0.2) is 22.8 Å². The average molecular weight is 515 g/mol. The van der Waals surface area contributed by atoms with Gasteiger partial charge in [-0.2, -0.15) is 0 Å². The third-order valence-electron chi connectivity index (χ3n) is 6.07. The maximum atomic E-state index is 14.4. The molecule has 0 spiro atoms. The third kappa shape index (κ3) is 4.58. The molecule has 0 unspecified atom stereocenters. The molecular weight excluding hydrogens is 491 g/mol. The number of carbonyl (C=O) groups is 1. The van der Waals surface area contributed by atoms with Crippen molar-refractivity contribution in [3.05, 3.63) is 66.2 Å². The number of anilines is 2. The number of halogens is 1. The lowest BCUT2D eigenvalue weighted by atomic mass is 10.2. The molecule has 1 aliphatic heterocycles. The Kier molecular flexibility index (Phi) is 6.15. The normalized spacial score (nSPS) is 15.4. The standard InChI is InChI=1S/C23H23FN6O3S2/c1-16(30-9-7-17-3-2-4-19(24)21(17)30)22(31)29-12-10-28(11-13-29)20-6-5-18(15-26-20)35(32,33)27-23-25-8-14-34-23/h2-9,14-16H,10-13H2,1H3,(H,25,27)/t16-/m0/s1. The summed E-state index contributed by atoms with van der Waals surface area (Å²) in [6.45, 7) is 3.85. The van der Waals surface area contributed by atoms with Gasteiger partial charge in [0.15, 0.2) is 5.13 Å². The first-order valence-corrected chi connectivity index (χ1v) is 13.4. The van der Waals surface area contributed by atoms with E-state index in [4.69, 9.17) is 0 Å². The van der Waals surface area contributed by atoms with Gasteiger partial charge in [0.25, 0.3) is 10.0 Å². The van der Waals surface area contributed by atoms with Crippen LogP contribution < -0.4 is 9.62 Å². The van der Waals surface area contributed by atoms with Gasteiger partial charge in [0.05, 0.1) is 5.52 Å². The number of thiazole rings is 1. The lowest BCUT2D eigenvalue weighted by Crippen LogP contribution is -2.50. The molecule has 35 heavy (non-hydrogen) atoms. The lowest BCUT2D eigenvalue weighted by molar-refractivity contribution is -0.134. The molecule has 3 aromatic heterocycles. The van der Waals surface area contributed by atoms with Gasteiger partial charge in [-0.3, -0.25) is 9.52 Å². The molecule has 0 saturated carbocycles. The molecule has 4 heterocycles. The van der Waals surface area contributed by atoms with Crippen molar-refractivity contribution < 1.29 is 17.6 Å². The summed E-state index contributed by atoms with van der Waals surface area (Å²) in [6, 6.07) is 9.30. The Morgan fingerprint density at radius 1 is 1.11 bits per heavy atom. The summed E-state index contributed by atoms with van der Waals surface area (Å²) in [6.07, 6.45) is 4.58. The highest BCUT2D eigenvalue weighted by Crippen LogP contribution is 2.25. The van der Waals surface area contributed by atoms with Gasteiger partial charge >= 0.3 is 0 Å². The van der Waals surface area contributed by atoms with Crippen LogP contribution in [0.25, 0.3) is 10.9 Å². The zero-order valence-electron chi connectivity index (χ0n) is 18.8. The van der Waals surface area contributed by atoms with Crippen molar-refractivity contribution in [1.29, 1.82) is 0 Å². The highest BCUT2D eigenvalue weighted by molar-refractivity contribution is 7.93. The molecule has 1 fully saturated rings. The molecular formula is C23H23FN6O3S2. The number of nitrogens with one attached hydrogen (secondary N) is 1. The van der Waals surface area contributed by atoms with Crippen molar-refractivity contribution >= 4 is 49.1 Å². The predicted molar refractivity (Wildman–Crippen MR) is 133 cm³/mol. The van der Waals surface area contributed by atoms with Gasteiger partial charge in [0, 0.05) is 55.5 Å². The number of hydrogen-bond donors (Lipinski definition) is 1. The number of benzene rings is 1. The summed E-state index contributed by atoms with van der Waals surface area (Å²) in [7, 11) is -3.77. The number of sulfonamides is 1. The number of rotatable bonds is 6. The molecule has 4 aromatic rings. The van der Waals surface area contributed by atoms with E-state index in [1.54, 1.807) is 40.1 Å². The average Bonchev–Trinajstić information content (AvgIpc) is 3.54. The number of aromatic nitrogens is 3. The van der Waals surface area contributed by atoms with Crippen LogP contribution in [-0.2, 0) is 14.8 Å². The van der Waals surface area contributed by atoms with E-state index in [1.807, 2.05) is 17.0 Å². The van der Waals surface area contributed by atoms with E-state index < -0.39 is 16.1 Å². The van der Waals surface area contributed by atoms with E-state index >= 15 is 0 Å². The van der Waals surface area contributed by atoms with Gasteiger partial charge in [-0.05, 0) is 31.2 Å². The second kappa shape index (κ2) is 9.27. The summed E-state index contributed by atoms with van der Waals surface area (Å²) in [4.78, 5) is 25.2. The third-order valence-corrected chi connectivity index (χ3v) is 8.21. The Morgan fingerprint density at radius 2 is 1.91 bits per heavy atom. The number of para-hydroxylation sites is 1. The molecule has 0 bridgehead atoms. The number of piperazine rings is 1. The summed E-state index contributed by atoms with van der Waals surface area (Å²) in [5, 5.41) is 2.73.